The number of ether oxygens (including phenoxy) is 2. The molecule has 0 saturated heterocycles. The average Bonchev–Trinajstić information content (AvgIpc) is 2.32. The Morgan fingerprint density at radius 1 is 0.583 bits per heavy atom. The molecule has 0 spiro atoms. The highest BCUT2D eigenvalue weighted by Gasteiger charge is 1.81. The predicted octanol–water partition coefficient (Wildman–Crippen LogP) is 1.42. The molecule has 0 fully saturated rings. The first-order valence-electron chi connectivity index (χ1n) is 6.78. The van der Waals surface area contributed by atoms with Crippen LogP contribution >= 0.6 is 0 Å². The fourth-order valence-electron chi connectivity index (χ4n) is 0.407. The maximum absolute atomic E-state index is 9.00. The van der Waals surface area contributed by atoms with Gasteiger partial charge in [0.15, 0.2) is 0 Å². The van der Waals surface area contributed by atoms with E-state index in [-0.39, 0.29) is 0 Å². The van der Waals surface area contributed by atoms with E-state index in [0.717, 1.165) is 54.1 Å². The Hall–Kier alpha value is -2.20. The first-order valence-corrected chi connectivity index (χ1v) is 6.78. The summed E-state index contributed by atoms with van der Waals surface area (Å²) in [6.45, 7) is 11.3. The molecule has 0 rings (SSSR count). The van der Waals surface area contributed by atoms with Crippen LogP contribution in [-0.2, 0) is 28.7 Å². The summed E-state index contributed by atoms with van der Waals surface area (Å²) in [6.07, 6.45) is 0. The summed E-state index contributed by atoms with van der Waals surface area (Å²) in [5.74, 6) is -3.33. The molecule has 10 nitrogen and oxygen atoms in total. The maximum atomic E-state index is 9.00. The van der Waals surface area contributed by atoms with Gasteiger partial charge < -0.3 is 29.9 Å². The Bertz CT molecular complexity index is 232. The van der Waals surface area contributed by atoms with Crippen LogP contribution in [0.15, 0.2) is 0 Å². The topological polar surface area (TPSA) is 168 Å². The summed E-state index contributed by atoms with van der Waals surface area (Å²) in [5.41, 5.74) is 0. The predicted molar refractivity (Wildman–Crippen MR) is 86.2 cm³/mol. The largest absolute Gasteiger partial charge is 0.481 e. The second kappa shape index (κ2) is 32.7. The SMILES string of the molecule is CC(=O)O.CC(=O)O.CC(=O)O.CC(=O)O.CCOCCOCC. The van der Waals surface area contributed by atoms with Gasteiger partial charge in [-0.15, -0.1) is 0 Å². The average molecular weight is 358 g/mol. The lowest BCUT2D eigenvalue weighted by Gasteiger charge is -1.99. The fraction of sp³-hybridized carbons (Fsp3) is 0.714. The summed E-state index contributed by atoms with van der Waals surface area (Å²) < 4.78 is 10.0. The third-order valence-corrected chi connectivity index (χ3v) is 0.780. The molecular weight excluding hydrogens is 328 g/mol. The van der Waals surface area contributed by atoms with E-state index >= 15 is 0 Å². The van der Waals surface area contributed by atoms with Gasteiger partial charge >= 0.3 is 0 Å². The second-order valence-electron chi connectivity index (χ2n) is 3.47. The number of carboxylic acid groups (broad SMARTS) is 4. The molecule has 0 unspecified atom stereocenters. The van der Waals surface area contributed by atoms with Gasteiger partial charge in [0.1, 0.15) is 0 Å². The summed E-state index contributed by atoms with van der Waals surface area (Å²) in [4.78, 5) is 36.0. The normalized spacial score (nSPS) is 7.42. The van der Waals surface area contributed by atoms with Crippen molar-refractivity contribution in [1.82, 2.24) is 0 Å². The van der Waals surface area contributed by atoms with Crippen LogP contribution in [-0.4, -0.2) is 70.7 Å². The first-order chi connectivity index (χ1) is 10.8. The summed E-state index contributed by atoms with van der Waals surface area (Å²) in [6, 6.07) is 0. The van der Waals surface area contributed by atoms with E-state index in [0.29, 0.717) is 0 Å². The molecule has 0 heterocycles. The fourth-order valence-corrected chi connectivity index (χ4v) is 0.407. The monoisotopic (exact) mass is 358 g/mol. The van der Waals surface area contributed by atoms with Crippen LogP contribution in [0.4, 0.5) is 0 Å². The molecule has 0 saturated carbocycles. The van der Waals surface area contributed by atoms with E-state index in [1.54, 1.807) is 0 Å². The molecule has 0 aromatic carbocycles. The molecule has 4 N–H and O–H groups in total. The second-order valence-corrected chi connectivity index (χ2v) is 3.47. The number of carbonyl (C=O) groups is 4. The van der Waals surface area contributed by atoms with Crippen LogP contribution in [0.5, 0.6) is 0 Å². The van der Waals surface area contributed by atoms with Gasteiger partial charge in [0.2, 0.25) is 0 Å². The summed E-state index contributed by atoms with van der Waals surface area (Å²) in [5, 5.41) is 29.7. The summed E-state index contributed by atoms with van der Waals surface area (Å²) in [7, 11) is 0. The van der Waals surface area contributed by atoms with E-state index in [1.165, 1.54) is 0 Å². The molecule has 10 heteroatoms. The van der Waals surface area contributed by atoms with Gasteiger partial charge in [-0.2, -0.15) is 0 Å². The molecule has 24 heavy (non-hydrogen) atoms. The molecule has 146 valence electrons. The minimum atomic E-state index is -0.833. The van der Waals surface area contributed by atoms with Crippen molar-refractivity contribution in [2.45, 2.75) is 41.5 Å². The Morgan fingerprint density at radius 3 is 0.792 bits per heavy atom. The number of carboxylic acids is 4. The Kier molecular flexibility index (Phi) is 45.5. The lowest BCUT2D eigenvalue weighted by molar-refractivity contribution is -0.135. The number of hydrogen-bond acceptors (Lipinski definition) is 6. The zero-order valence-corrected chi connectivity index (χ0v) is 15.1. The van der Waals surface area contributed by atoms with E-state index in [4.69, 9.17) is 49.1 Å². The van der Waals surface area contributed by atoms with Crippen LogP contribution < -0.4 is 0 Å². The van der Waals surface area contributed by atoms with E-state index in [9.17, 15) is 0 Å². The third kappa shape index (κ3) is 893. The van der Waals surface area contributed by atoms with Crippen molar-refractivity contribution in [3.05, 3.63) is 0 Å². The van der Waals surface area contributed by atoms with Crippen molar-refractivity contribution < 1.29 is 49.1 Å². The van der Waals surface area contributed by atoms with Crippen LogP contribution in [0.2, 0.25) is 0 Å². The molecule has 0 aromatic heterocycles. The molecule has 0 aromatic rings. The highest BCUT2D eigenvalue weighted by atomic mass is 16.5. The first kappa shape index (κ1) is 33.4. The van der Waals surface area contributed by atoms with Gasteiger partial charge in [-0.25, -0.2) is 0 Å². The van der Waals surface area contributed by atoms with E-state index in [1.807, 2.05) is 13.8 Å². The molecule has 0 radical (unpaired) electrons. The van der Waals surface area contributed by atoms with Crippen molar-refractivity contribution in [2.75, 3.05) is 26.4 Å². The van der Waals surface area contributed by atoms with Crippen LogP contribution in [0, 0.1) is 0 Å². The van der Waals surface area contributed by atoms with Crippen LogP contribution in [0.3, 0.4) is 0 Å². The summed E-state index contributed by atoms with van der Waals surface area (Å²) >= 11 is 0. The standard InChI is InChI=1S/C6H14O2.4C2H4O2/c1-3-7-5-6-8-4-2;4*1-2(3)4/h3-6H2,1-2H3;4*1H3,(H,3,4). The molecule has 0 amide bonds. The smallest absolute Gasteiger partial charge is 0.300 e. The van der Waals surface area contributed by atoms with E-state index in [2.05, 4.69) is 0 Å². The molecule has 0 bridgehead atoms. The van der Waals surface area contributed by atoms with Gasteiger partial charge in [0.05, 0.1) is 13.2 Å². The third-order valence-electron chi connectivity index (χ3n) is 0.780. The van der Waals surface area contributed by atoms with Gasteiger partial charge in [0.25, 0.3) is 23.9 Å². The molecule has 0 atom stereocenters. The van der Waals surface area contributed by atoms with Gasteiger partial charge in [-0.05, 0) is 13.8 Å². The molecule has 0 aliphatic heterocycles. The van der Waals surface area contributed by atoms with Crippen molar-refractivity contribution >= 4 is 23.9 Å². The zero-order chi connectivity index (χ0) is 20.6. The Balaban J connectivity index is -0.0000000657. The molecule has 0 aliphatic rings. The van der Waals surface area contributed by atoms with Crippen molar-refractivity contribution in [1.29, 1.82) is 0 Å². The zero-order valence-electron chi connectivity index (χ0n) is 15.1. The van der Waals surface area contributed by atoms with Crippen molar-refractivity contribution in [2.24, 2.45) is 0 Å². The molecule has 0 aliphatic carbocycles. The number of hydrogen-bond donors (Lipinski definition) is 4. The minimum Gasteiger partial charge on any atom is -0.481 e. The van der Waals surface area contributed by atoms with Crippen LogP contribution in [0.25, 0.3) is 0 Å². The quantitative estimate of drug-likeness (QED) is 0.527. The Morgan fingerprint density at radius 2 is 0.708 bits per heavy atom. The lowest BCUT2D eigenvalue weighted by atomic mass is 10.7. The van der Waals surface area contributed by atoms with E-state index < -0.39 is 23.9 Å². The van der Waals surface area contributed by atoms with Crippen molar-refractivity contribution in [3.8, 4) is 0 Å². The highest BCUT2D eigenvalue weighted by Crippen LogP contribution is 1.75. The van der Waals surface area contributed by atoms with Gasteiger partial charge in [0, 0.05) is 40.9 Å². The van der Waals surface area contributed by atoms with Gasteiger partial charge in [-0.1, -0.05) is 0 Å². The Labute approximate surface area is 142 Å². The number of rotatable bonds is 5. The van der Waals surface area contributed by atoms with Crippen LogP contribution in [0.1, 0.15) is 41.5 Å². The minimum absolute atomic E-state index is 0.727. The highest BCUT2D eigenvalue weighted by molar-refractivity contribution is 5.63. The van der Waals surface area contributed by atoms with Crippen molar-refractivity contribution in [3.63, 3.8) is 0 Å². The maximum Gasteiger partial charge on any atom is 0.300 e. The lowest BCUT2D eigenvalue weighted by Crippen LogP contribution is -2.02. The molecular formula is C14H30O10. The number of aliphatic carboxylic acids is 4. The van der Waals surface area contributed by atoms with Gasteiger partial charge in [-0.3, -0.25) is 19.2 Å².